The van der Waals surface area contributed by atoms with Crippen LogP contribution in [-0.2, 0) is 17.7 Å². The fraction of sp³-hybridized carbons (Fsp3) is 0.259. The number of carbonyl (C=O) groups excluding carboxylic acids is 1. The molecule has 7 nitrogen and oxygen atoms in total. The standard InChI is InChI=1S/C27H26N4O3/c1-5-8-23-30-24-16(2)13-17(3)28-25(24)31(23)15-18-11-12-22-21(14-18)29-26(34-22)19-9-6-7-10-20(19)27(32)33-4/h6-7,9-14H,5,8,15H2,1-4H3. The molecule has 0 aliphatic carbocycles. The number of oxazole rings is 1. The first-order valence-corrected chi connectivity index (χ1v) is 11.4. The third-order valence-corrected chi connectivity index (χ3v) is 5.93. The molecular formula is C27H26N4O3. The lowest BCUT2D eigenvalue weighted by molar-refractivity contribution is 0.0601. The third kappa shape index (κ3) is 3.83. The molecule has 3 heterocycles. The first-order valence-electron chi connectivity index (χ1n) is 11.4. The van der Waals surface area contributed by atoms with Gasteiger partial charge in [-0.2, -0.15) is 0 Å². The number of benzene rings is 2. The van der Waals surface area contributed by atoms with E-state index in [1.165, 1.54) is 7.11 Å². The number of aromatic nitrogens is 4. The molecule has 0 radical (unpaired) electrons. The minimum atomic E-state index is -0.424. The highest BCUT2D eigenvalue weighted by Gasteiger charge is 2.18. The van der Waals surface area contributed by atoms with Gasteiger partial charge in [0.25, 0.3) is 0 Å². The summed E-state index contributed by atoms with van der Waals surface area (Å²) in [5, 5.41) is 0. The second kappa shape index (κ2) is 8.74. The van der Waals surface area contributed by atoms with Crippen LogP contribution in [0.3, 0.4) is 0 Å². The third-order valence-electron chi connectivity index (χ3n) is 5.93. The van der Waals surface area contributed by atoms with Crippen molar-refractivity contribution in [3.05, 3.63) is 76.7 Å². The fourth-order valence-corrected chi connectivity index (χ4v) is 4.36. The van der Waals surface area contributed by atoms with Crippen molar-refractivity contribution in [3.63, 3.8) is 0 Å². The molecule has 0 atom stereocenters. The Bertz CT molecular complexity index is 1530. The van der Waals surface area contributed by atoms with Crippen LogP contribution in [0.25, 0.3) is 33.7 Å². The topological polar surface area (TPSA) is 83.0 Å². The molecule has 5 aromatic rings. The van der Waals surface area contributed by atoms with E-state index < -0.39 is 5.97 Å². The summed E-state index contributed by atoms with van der Waals surface area (Å²) < 4.78 is 13.1. The van der Waals surface area contributed by atoms with E-state index in [2.05, 4.69) is 29.5 Å². The number of esters is 1. The summed E-state index contributed by atoms with van der Waals surface area (Å²) in [4.78, 5) is 26.6. The molecule has 3 aromatic heterocycles. The Balaban J connectivity index is 1.56. The van der Waals surface area contributed by atoms with Gasteiger partial charge in [-0.05, 0) is 61.7 Å². The molecule has 0 saturated carbocycles. The molecule has 0 saturated heterocycles. The number of nitrogens with zero attached hydrogens (tertiary/aromatic N) is 4. The number of hydrogen-bond donors (Lipinski definition) is 0. The maximum Gasteiger partial charge on any atom is 0.338 e. The van der Waals surface area contributed by atoms with Gasteiger partial charge < -0.3 is 13.7 Å². The first kappa shape index (κ1) is 21.8. The zero-order valence-electron chi connectivity index (χ0n) is 19.8. The molecular weight excluding hydrogens is 428 g/mol. The van der Waals surface area contributed by atoms with Crippen LogP contribution >= 0.6 is 0 Å². The van der Waals surface area contributed by atoms with Gasteiger partial charge >= 0.3 is 5.97 Å². The van der Waals surface area contributed by atoms with Crippen molar-refractivity contribution in [2.45, 2.75) is 40.2 Å². The van der Waals surface area contributed by atoms with Crippen LogP contribution in [0.15, 0.2) is 52.9 Å². The summed E-state index contributed by atoms with van der Waals surface area (Å²) in [7, 11) is 1.36. The summed E-state index contributed by atoms with van der Waals surface area (Å²) in [6.07, 6.45) is 1.89. The number of fused-ring (bicyclic) bond motifs is 2. The normalized spacial score (nSPS) is 11.4. The number of carbonyl (C=O) groups is 1. The molecule has 5 rings (SSSR count). The van der Waals surface area contributed by atoms with E-state index in [-0.39, 0.29) is 0 Å². The number of methoxy groups -OCH3 is 1. The van der Waals surface area contributed by atoms with Crippen molar-refractivity contribution in [2.75, 3.05) is 7.11 Å². The van der Waals surface area contributed by atoms with Gasteiger partial charge in [-0.25, -0.2) is 19.7 Å². The zero-order chi connectivity index (χ0) is 23.8. The molecule has 0 aliphatic heterocycles. The molecule has 0 N–H and O–H groups in total. The lowest BCUT2D eigenvalue weighted by atomic mass is 10.1. The Morgan fingerprint density at radius 1 is 1.06 bits per heavy atom. The Labute approximate surface area is 197 Å². The van der Waals surface area contributed by atoms with Crippen molar-refractivity contribution >= 4 is 28.2 Å². The number of rotatable bonds is 6. The highest BCUT2D eigenvalue weighted by Crippen LogP contribution is 2.29. The predicted molar refractivity (Wildman–Crippen MR) is 131 cm³/mol. The number of hydrogen-bond acceptors (Lipinski definition) is 6. The Hall–Kier alpha value is -4.00. The van der Waals surface area contributed by atoms with E-state index in [1.807, 2.05) is 37.3 Å². The molecule has 0 bridgehead atoms. The smallest absolute Gasteiger partial charge is 0.338 e. The quantitative estimate of drug-likeness (QED) is 0.309. The van der Waals surface area contributed by atoms with Crippen molar-refractivity contribution in [1.29, 1.82) is 0 Å². The van der Waals surface area contributed by atoms with E-state index in [0.29, 0.717) is 29.1 Å². The number of ether oxygens (including phenoxy) is 1. The lowest BCUT2D eigenvalue weighted by Crippen LogP contribution is -2.06. The second-order valence-electron chi connectivity index (χ2n) is 8.48. The van der Waals surface area contributed by atoms with Crippen LogP contribution in [0.5, 0.6) is 0 Å². The van der Waals surface area contributed by atoms with Crippen LogP contribution < -0.4 is 0 Å². The van der Waals surface area contributed by atoms with Crippen LogP contribution in [0.1, 0.15) is 46.3 Å². The summed E-state index contributed by atoms with van der Waals surface area (Å²) in [6, 6.07) is 15.2. The Kier molecular flexibility index (Phi) is 5.61. The Morgan fingerprint density at radius 3 is 2.68 bits per heavy atom. The lowest BCUT2D eigenvalue weighted by Gasteiger charge is -2.09. The van der Waals surface area contributed by atoms with Gasteiger partial charge in [0.1, 0.15) is 16.9 Å². The highest BCUT2D eigenvalue weighted by atomic mass is 16.5. The SMILES string of the molecule is CCCc1nc2c(C)cc(C)nc2n1Cc1ccc2oc(-c3ccccc3C(=O)OC)nc2c1. The van der Waals surface area contributed by atoms with E-state index in [1.54, 1.807) is 12.1 Å². The van der Waals surface area contributed by atoms with Gasteiger partial charge in [0, 0.05) is 12.1 Å². The van der Waals surface area contributed by atoms with Gasteiger partial charge in [-0.1, -0.05) is 25.1 Å². The summed E-state index contributed by atoms with van der Waals surface area (Å²) in [6.45, 7) is 6.89. The van der Waals surface area contributed by atoms with Crippen molar-refractivity contribution in [3.8, 4) is 11.5 Å². The summed E-state index contributed by atoms with van der Waals surface area (Å²) in [5.41, 5.74) is 7.48. The number of imidazole rings is 1. The minimum Gasteiger partial charge on any atom is -0.465 e. The fourth-order valence-electron chi connectivity index (χ4n) is 4.36. The van der Waals surface area contributed by atoms with Crippen LogP contribution in [0.4, 0.5) is 0 Å². The van der Waals surface area contributed by atoms with Crippen molar-refractivity contribution in [2.24, 2.45) is 0 Å². The van der Waals surface area contributed by atoms with Crippen LogP contribution in [-0.4, -0.2) is 32.6 Å². The monoisotopic (exact) mass is 454 g/mol. The van der Waals surface area contributed by atoms with E-state index in [9.17, 15) is 4.79 Å². The van der Waals surface area contributed by atoms with Gasteiger partial charge in [0.15, 0.2) is 11.2 Å². The van der Waals surface area contributed by atoms with E-state index in [0.717, 1.165) is 52.2 Å². The Morgan fingerprint density at radius 2 is 1.88 bits per heavy atom. The van der Waals surface area contributed by atoms with Gasteiger partial charge in [0.05, 0.1) is 24.8 Å². The van der Waals surface area contributed by atoms with Crippen molar-refractivity contribution < 1.29 is 13.9 Å². The van der Waals surface area contributed by atoms with E-state index >= 15 is 0 Å². The molecule has 7 heteroatoms. The highest BCUT2D eigenvalue weighted by molar-refractivity contribution is 5.96. The number of pyridine rings is 1. The second-order valence-corrected chi connectivity index (χ2v) is 8.48. The molecule has 34 heavy (non-hydrogen) atoms. The van der Waals surface area contributed by atoms with Gasteiger partial charge in [-0.3, -0.25) is 0 Å². The summed E-state index contributed by atoms with van der Waals surface area (Å²) in [5.74, 6) is 1.000. The van der Waals surface area contributed by atoms with Gasteiger partial charge in [0.2, 0.25) is 5.89 Å². The first-order chi connectivity index (χ1) is 16.5. The van der Waals surface area contributed by atoms with Crippen LogP contribution in [0.2, 0.25) is 0 Å². The average molecular weight is 455 g/mol. The van der Waals surface area contributed by atoms with E-state index in [4.69, 9.17) is 19.1 Å². The van der Waals surface area contributed by atoms with Crippen LogP contribution in [0, 0.1) is 13.8 Å². The zero-order valence-corrected chi connectivity index (χ0v) is 19.8. The number of aryl methyl sites for hydroxylation is 3. The molecule has 0 spiro atoms. The molecule has 0 aliphatic rings. The largest absolute Gasteiger partial charge is 0.465 e. The van der Waals surface area contributed by atoms with Crippen molar-refractivity contribution in [1.82, 2.24) is 19.5 Å². The molecule has 2 aromatic carbocycles. The average Bonchev–Trinajstić information content (AvgIpc) is 3.40. The molecule has 0 unspecified atom stereocenters. The molecule has 0 fully saturated rings. The van der Waals surface area contributed by atoms with Gasteiger partial charge in [-0.15, -0.1) is 0 Å². The maximum atomic E-state index is 12.2. The maximum absolute atomic E-state index is 12.2. The molecule has 172 valence electrons. The molecule has 0 amide bonds. The summed E-state index contributed by atoms with van der Waals surface area (Å²) >= 11 is 0. The predicted octanol–water partition coefficient (Wildman–Crippen LogP) is 5.64. The minimum absolute atomic E-state index is 0.390.